The number of carbonyl (C=O) groups excluding carboxylic acids is 1. The number of rotatable bonds is 3. The second kappa shape index (κ2) is 6.39. The molecule has 8 heteroatoms. The van der Waals surface area contributed by atoms with E-state index in [9.17, 15) is 18.0 Å². The Kier molecular flexibility index (Phi) is 4.26. The average Bonchev–Trinajstić information content (AvgIpc) is 2.92. The fourth-order valence-electron chi connectivity index (χ4n) is 2.31. The van der Waals surface area contributed by atoms with Crippen LogP contribution < -0.4 is 5.43 Å². The molecule has 1 N–H and O–H groups in total. The van der Waals surface area contributed by atoms with Gasteiger partial charge >= 0.3 is 6.18 Å². The third-order valence-electron chi connectivity index (χ3n) is 3.60. The third-order valence-corrected chi connectivity index (χ3v) is 3.60. The van der Waals surface area contributed by atoms with Crippen LogP contribution in [0.5, 0.6) is 0 Å². The molecule has 128 valence electrons. The van der Waals surface area contributed by atoms with Crippen molar-refractivity contribution >= 4 is 17.8 Å². The number of aromatic nitrogens is 2. The van der Waals surface area contributed by atoms with Gasteiger partial charge in [0, 0.05) is 6.20 Å². The number of imidazole rings is 1. The van der Waals surface area contributed by atoms with E-state index in [0.29, 0.717) is 16.9 Å². The molecule has 0 radical (unpaired) electrons. The van der Waals surface area contributed by atoms with Crippen LogP contribution in [0.3, 0.4) is 0 Å². The summed E-state index contributed by atoms with van der Waals surface area (Å²) in [5.41, 5.74) is 3.55. The zero-order valence-electron chi connectivity index (χ0n) is 13.1. The summed E-state index contributed by atoms with van der Waals surface area (Å²) >= 11 is 0. The molecule has 1 amide bonds. The number of hydrogen-bond acceptors (Lipinski definition) is 3. The Labute approximate surface area is 140 Å². The van der Waals surface area contributed by atoms with Gasteiger partial charge in [0.05, 0.1) is 17.5 Å². The number of alkyl halides is 3. The van der Waals surface area contributed by atoms with E-state index in [1.54, 1.807) is 23.6 Å². The predicted molar refractivity (Wildman–Crippen MR) is 86.4 cm³/mol. The molecular formula is C17H13F3N4O. The lowest BCUT2D eigenvalue weighted by molar-refractivity contribution is -0.137. The number of hydrazone groups is 1. The fraction of sp³-hybridized carbons (Fsp3) is 0.118. The lowest BCUT2D eigenvalue weighted by atomic mass is 10.1. The first-order valence-corrected chi connectivity index (χ1v) is 7.30. The Morgan fingerprint density at radius 1 is 1.20 bits per heavy atom. The molecule has 0 fully saturated rings. The van der Waals surface area contributed by atoms with Crippen LogP contribution in [-0.4, -0.2) is 21.5 Å². The predicted octanol–water partition coefficient (Wildman–Crippen LogP) is 3.43. The molecule has 0 aliphatic rings. The number of aryl methyl sites for hydroxylation is 1. The minimum Gasteiger partial charge on any atom is -0.304 e. The number of halogens is 3. The van der Waals surface area contributed by atoms with Crippen LogP contribution in [0.1, 0.15) is 27.3 Å². The summed E-state index contributed by atoms with van der Waals surface area (Å²) in [5, 5.41) is 3.77. The van der Waals surface area contributed by atoms with Crippen molar-refractivity contribution in [2.24, 2.45) is 5.10 Å². The first-order valence-electron chi connectivity index (χ1n) is 7.30. The highest BCUT2D eigenvalue weighted by molar-refractivity contribution is 5.95. The molecule has 5 nitrogen and oxygen atoms in total. The van der Waals surface area contributed by atoms with Gasteiger partial charge in [0.2, 0.25) is 0 Å². The standard InChI is InChI=1S/C17H13F3N4O/c1-11-15(22-14-4-2-3-9-24(11)14)16(25)23-21-10-12-5-7-13(8-6-12)17(18,19)20/h2-10H,1H3,(H,23,25)/b21-10+. The molecular weight excluding hydrogens is 333 g/mol. The summed E-state index contributed by atoms with van der Waals surface area (Å²) in [6, 6.07) is 9.86. The van der Waals surface area contributed by atoms with Gasteiger partial charge in [-0.3, -0.25) is 4.79 Å². The second-order valence-corrected chi connectivity index (χ2v) is 5.29. The normalized spacial score (nSPS) is 12.0. The van der Waals surface area contributed by atoms with E-state index in [0.717, 1.165) is 12.1 Å². The highest BCUT2D eigenvalue weighted by Gasteiger charge is 2.29. The summed E-state index contributed by atoms with van der Waals surface area (Å²) < 4.78 is 39.2. The van der Waals surface area contributed by atoms with Gasteiger partial charge in [-0.1, -0.05) is 18.2 Å². The molecule has 0 atom stereocenters. The van der Waals surface area contributed by atoms with Crippen LogP contribution in [0.15, 0.2) is 53.8 Å². The molecule has 0 spiro atoms. The van der Waals surface area contributed by atoms with Gasteiger partial charge < -0.3 is 4.40 Å². The third kappa shape index (κ3) is 3.52. The minimum absolute atomic E-state index is 0.232. The Bertz CT molecular complexity index is 943. The van der Waals surface area contributed by atoms with Crippen LogP contribution in [-0.2, 0) is 6.18 Å². The maximum absolute atomic E-state index is 12.5. The summed E-state index contributed by atoms with van der Waals surface area (Å²) in [6.07, 6.45) is -1.33. The quantitative estimate of drug-likeness (QED) is 0.583. The molecule has 0 aliphatic carbocycles. The van der Waals surface area contributed by atoms with Crippen molar-refractivity contribution in [3.05, 3.63) is 71.2 Å². The number of hydrogen-bond donors (Lipinski definition) is 1. The van der Waals surface area contributed by atoms with E-state index in [2.05, 4.69) is 15.5 Å². The van der Waals surface area contributed by atoms with Crippen molar-refractivity contribution < 1.29 is 18.0 Å². The molecule has 25 heavy (non-hydrogen) atoms. The highest BCUT2D eigenvalue weighted by Crippen LogP contribution is 2.28. The lowest BCUT2D eigenvalue weighted by Gasteiger charge is -2.05. The maximum atomic E-state index is 12.5. The Morgan fingerprint density at radius 3 is 2.56 bits per heavy atom. The average molecular weight is 346 g/mol. The van der Waals surface area contributed by atoms with Gasteiger partial charge in [-0.05, 0) is 36.8 Å². The van der Waals surface area contributed by atoms with E-state index < -0.39 is 17.6 Å². The Balaban J connectivity index is 1.71. The molecule has 2 heterocycles. The molecule has 0 aliphatic heterocycles. The van der Waals surface area contributed by atoms with E-state index in [1.807, 2.05) is 12.1 Å². The smallest absolute Gasteiger partial charge is 0.304 e. The van der Waals surface area contributed by atoms with Gasteiger partial charge in [0.15, 0.2) is 5.69 Å². The zero-order chi connectivity index (χ0) is 18.0. The van der Waals surface area contributed by atoms with Crippen LogP contribution in [0.4, 0.5) is 13.2 Å². The number of pyridine rings is 1. The van der Waals surface area contributed by atoms with E-state index in [1.165, 1.54) is 18.3 Å². The first-order chi connectivity index (χ1) is 11.9. The summed E-state index contributed by atoms with van der Waals surface area (Å²) in [7, 11) is 0. The molecule has 0 bridgehead atoms. The maximum Gasteiger partial charge on any atom is 0.416 e. The van der Waals surface area contributed by atoms with E-state index >= 15 is 0 Å². The SMILES string of the molecule is Cc1c(C(=O)N/N=C/c2ccc(C(F)(F)F)cc2)nc2ccccn12. The van der Waals surface area contributed by atoms with Crippen molar-refractivity contribution in [3.8, 4) is 0 Å². The highest BCUT2D eigenvalue weighted by atomic mass is 19.4. The summed E-state index contributed by atoms with van der Waals surface area (Å²) in [5.74, 6) is -0.496. The Hall–Kier alpha value is -3.16. The number of nitrogens with zero attached hydrogens (tertiary/aromatic N) is 3. The van der Waals surface area contributed by atoms with Gasteiger partial charge in [-0.25, -0.2) is 10.4 Å². The number of benzene rings is 1. The fourth-order valence-corrected chi connectivity index (χ4v) is 2.31. The van der Waals surface area contributed by atoms with Crippen molar-refractivity contribution in [3.63, 3.8) is 0 Å². The monoisotopic (exact) mass is 346 g/mol. The van der Waals surface area contributed by atoms with Gasteiger partial charge in [-0.15, -0.1) is 0 Å². The van der Waals surface area contributed by atoms with Gasteiger partial charge in [0.1, 0.15) is 5.65 Å². The van der Waals surface area contributed by atoms with Crippen molar-refractivity contribution in [2.45, 2.75) is 13.1 Å². The Morgan fingerprint density at radius 2 is 1.92 bits per heavy atom. The largest absolute Gasteiger partial charge is 0.416 e. The summed E-state index contributed by atoms with van der Waals surface area (Å²) in [6.45, 7) is 1.76. The molecule has 1 aromatic carbocycles. The van der Waals surface area contributed by atoms with Crippen LogP contribution >= 0.6 is 0 Å². The van der Waals surface area contributed by atoms with E-state index in [-0.39, 0.29) is 5.69 Å². The zero-order valence-corrected chi connectivity index (χ0v) is 13.1. The molecule has 0 saturated carbocycles. The first kappa shape index (κ1) is 16.7. The van der Waals surface area contributed by atoms with Gasteiger partial charge in [-0.2, -0.15) is 18.3 Å². The van der Waals surface area contributed by atoms with Crippen molar-refractivity contribution in [1.82, 2.24) is 14.8 Å². The summed E-state index contributed by atoms with van der Waals surface area (Å²) in [4.78, 5) is 16.4. The van der Waals surface area contributed by atoms with Gasteiger partial charge in [0.25, 0.3) is 5.91 Å². The number of carbonyl (C=O) groups is 1. The van der Waals surface area contributed by atoms with Crippen LogP contribution in [0, 0.1) is 6.92 Å². The molecule has 2 aromatic heterocycles. The molecule has 3 rings (SSSR count). The van der Waals surface area contributed by atoms with Crippen LogP contribution in [0.2, 0.25) is 0 Å². The van der Waals surface area contributed by atoms with Crippen LogP contribution in [0.25, 0.3) is 5.65 Å². The second-order valence-electron chi connectivity index (χ2n) is 5.29. The number of nitrogens with one attached hydrogen (secondary N) is 1. The number of fused-ring (bicyclic) bond motifs is 1. The topological polar surface area (TPSA) is 58.8 Å². The van der Waals surface area contributed by atoms with Crippen molar-refractivity contribution in [2.75, 3.05) is 0 Å². The molecule has 0 unspecified atom stereocenters. The van der Waals surface area contributed by atoms with Crippen molar-refractivity contribution in [1.29, 1.82) is 0 Å². The molecule has 0 saturated heterocycles. The lowest BCUT2D eigenvalue weighted by Crippen LogP contribution is -2.19. The molecule has 3 aromatic rings. The number of amides is 1. The van der Waals surface area contributed by atoms with E-state index in [4.69, 9.17) is 0 Å². The minimum atomic E-state index is -4.38.